The number of rotatable bonds is 2. The van der Waals surface area contributed by atoms with Gasteiger partial charge in [-0.2, -0.15) is 4.31 Å². The predicted octanol–water partition coefficient (Wildman–Crippen LogP) is 0.804. The van der Waals surface area contributed by atoms with Crippen LogP contribution in [0.25, 0.3) is 0 Å². The van der Waals surface area contributed by atoms with Gasteiger partial charge in [0.25, 0.3) is 0 Å². The van der Waals surface area contributed by atoms with Gasteiger partial charge in [-0.1, -0.05) is 18.2 Å². The molecule has 0 radical (unpaired) electrons. The Morgan fingerprint density at radius 3 is 2.67 bits per heavy atom. The summed E-state index contributed by atoms with van der Waals surface area (Å²) in [4.78, 5) is 0. The van der Waals surface area contributed by atoms with Crippen molar-refractivity contribution in [2.75, 3.05) is 18.0 Å². The van der Waals surface area contributed by atoms with E-state index in [2.05, 4.69) is 0 Å². The second kappa shape index (κ2) is 3.83. The van der Waals surface area contributed by atoms with Gasteiger partial charge in [0.1, 0.15) is 0 Å². The minimum atomic E-state index is -3.02. The van der Waals surface area contributed by atoms with Gasteiger partial charge in [0.2, 0.25) is 10.0 Å². The van der Waals surface area contributed by atoms with E-state index < -0.39 is 10.0 Å². The van der Waals surface area contributed by atoms with E-state index in [4.69, 9.17) is 5.73 Å². The van der Waals surface area contributed by atoms with Crippen LogP contribution in [0.4, 0.5) is 5.69 Å². The highest BCUT2D eigenvalue weighted by molar-refractivity contribution is 7.89. The third-order valence-corrected chi connectivity index (χ3v) is 4.51. The smallest absolute Gasteiger partial charge is 0.214 e. The van der Waals surface area contributed by atoms with Crippen molar-refractivity contribution < 1.29 is 8.42 Å². The van der Waals surface area contributed by atoms with E-state index in [0.717, 1.165) is 12.0 Å². The summed E-state index contributed by atoms with van der Waals surface area (Å²) in [5.74, 6) is 0.264. The van der Waals surface area contributed by atoms with Crippen LogP contribution in [0.2, 0.25) is 0 Å². The molecule has 0 aromatic heterocycles. The number of hydrogen-bond donors (Lipinski definition) is 1. The molecule has 0 unspecified atom stereocenters. The van der Waals surface area contributed by atoms with E-state index >= 15 is 0 Å². The molecule has 82 valence electrons. The van der Waals surface area contributed by atoms with Gasteiger partial charge in [0.15, 0.2) is 0 Å². The zero-order valence-electron chi connectivity index (χ0n) is 8.39. The molecule has 1 aromatic carbocycles. The molecule has 0 spiro atoms. The fourth-order valence-corrected chi connectivity index (χ4v) is 3.23. The lowest BCUT2D eigenvalue weighted by Gasteiger charge is -2.15. The van der Waals surface area contributed by atoms with Crippen LogP contribution in [-0.2, 0) is 16.6 Å². The van der Waals surface area contributed by atoms with E-state index in [0.29, 0.717) is 18.8 Å². The zero-order chi connectivity index (χ0) is 10.9. The van der Waals surface area contributed by atoms with Crippen molar-refractivity contribution in [2.24, 2.45) is 0 Å². The average Bonchev–Trinajstić information content (AvgIpc) is 2.50. The number of anilines is 1. The summed E-state index contributed by atoms with van der Waals surface area (Å²) >= 11 is 0. The Morgan fingerprint density at radius 2 is 2.07 bits per heavy atom. The molecule has 4 nitrogen and oxygen atoms in total. The molecule has 1 aliphatic rings. The number of sulfonamides is 1. The molecule has 5 heteroatoms. The molecule has 0 atom stereocenters. The summed E-state index contributed by atoms with van der Waals surface area (Å²) in [6.07, 6.45) is 0.717. The molecule has 1 heterocycles. The van der Waals surface area contributed by atoms with E-state index in [1.807, 2.05) is 18.2 Å². The molecular weight excluding hydrogens is 212 g/mol. The maximum Gasteiger partial charge on any atom is 0.214 e. The van der Waals surface area contributed by atoms with E-state index in [1.54, 1.807) is 6.07 Å². The summed E-state index contributed by atoms with van der Waals surface area (Å²) < 4.78 is 24.6. The van der Waals surface area contributed by atoms with Gasteiger partial charge < -0.3 is 5.73 Å². The maximum atomic E-state index is 11.6. The topological polar surface area (TPSA) is 63.4 Å². The Labute approximate surface area is 89.7 Å². The van der Waals surface area contributed by atoms with Crippen molar-refractivity contribution in [3.05, 3.63) is 29.8 Å². The predicted molar refractivity (Wildman–Crippen MR) is 59.7 cm³/mol. The first-order chi connectivity index (χ1) is 7.09. The number of nitrogen functional groups attached to an aromatic ring is 1. The lowest BCUT2D eigenvalue weighted by Crippen LogP contribution is -2.25. The van der Waals surface area contributed by atoms with Crippen LogP contribution < -0.4 is 5.73 Å². The van der Waals surface area contributed by atoms with Crippen LogP contribution in [0.5, 0.6) is 0 Å². The van der Waals surface area contributed by atoms with Crippen LogP contribution in [0.1, 0.15) is 12.0 Å². The molecule has 0 bridgehead atoms. The summed E-state index contributed by atoms with van der Waals surface area (Å²) in [6.45, 7) is 1.01. The molecule has 0 amide bonds. The molecule has 1 aliphatic heterocycles. The fraction of sp³-hybridized carbons (Fsp3) is 0.400. The molecule has 2 rings (SSSR count). The minimum Gasteiger partial charge on any atom is -0.398 e. The number of para-hydroxylation sites is 1. The lowest BCUT2D eigenvalue weighted by atomic mass is 10.2. The van der Waals surface area contributed by atoms with Crippen LogP contribution in [-0.4, -0.2) is 25.0 Å². The number of hydrogen-bond acceptors (Lipinski definition) is 3. The summed E-state index contributed by atoms with van der Waals surface area (Å²) in [7, 11) is -3.02. The van der Waals surface area contributed by atoms with E-state index in [9.17, 15) is 8.42 Å². The Hall–Kier alpha value is -1.07. The van der Waals surface area contributed by atoms with Gasteiger partial charge in [0.05, 0.1) is 5.75 Å². The molecule has 1 saturated heterocycles. The second-order valence-corrected chi connectivity index (χ2v) is 5.79. The Kier molecular flexibility index (Phi) is 2.67. The van der Waals surface area contributed by atoms with E-state index in [1.165, 1.54) is 4.31 Å². The first-order valence-corrected chi connectivity index (χ1v) is 6.52. The molecule has 2 N–H and O–H groups in total. The van der Waals surface area contributed by atoms with Crippen molar-refractivity contribution in [3.63, 3.8) is 0 Å². The third-order valence-electron chi connectivity index (χ3n) is 2.60. The molecule has 0 aliphatic carbocycles. The highest BCUT2D eigenvalue weighted by atomic mass is 32.2. The quantitative estimate of drug-likeness (QED) is 0.759. The highest BCUT2D eigenvalue weighted by Gasteiger charge is 2.28. The minimum absolute atomic E-state index is 0.264. The van der Waals surface area contributed by atoms with Crippen molar-refractivity contribution in [1.82, 2.24) is 4.31 Å². The first-order valence-electron chi connectivity index (χ1n) is 4.91. The molecule has 1 aromatic rings. The fourth-order valence-electron chi connectivity index (χ4n) is 1.74. The number of nitrogens with zero attached hydrogens (tertiary/aromatic N) is 1. The highest BCUT2D eigenvalue weighted by Crippen LogP contribution is 2.20. The molecule has 15 heavy (non-hydrogen) atoms. The molecular formula is C10H14N2O2S. The lowest BCUT2D eigenvalue weighted by molar-refractivity contribution is 0.440. The Bertz CT molecular complexity index is 456. The van der Waals surface area contributed by atoms with Crippen molar-refractivity contribution in [3.8, 4) is 0 Å². The second-order valence-electron chi connectivity index (χ2n) is 3.70. The SMILES string of the molecule is Nc1ccccc1CN1CCCS1(=O)=O. The van der Waals surface area contributed by atoms with Gasteiger partial charge >= 0.3 is 0 Å². The van der Waals surface area contributed by atoms with Crippen molar-refractivity contribution in [2.45, 2.75) is 13.0 Å². The van der Waals surface area contributed by atoms with Gasteiger partial charge in [-0.25, -0.2) is 8.42 Å². The van der Waals surface area contributed by atoms with Crippen LogP contribution in [0.15, 0.2) is 24.3 Å². The monoisotopic (exact) mass is 226 g/mol. The van der Waals surface area contributed by atoms with Crippen LogP contribution in [0, 0.1) is 0 Å². The van der Waals surface area contributed by atoms with Crippen LogP contribution >= 0.6 is 0 Å². The maximum absolute atomic E-state index is 11.6. The van der Waals surface area contributed by atoms with Gasteiger partial charge in [-0.05, 0) is 18.1 Å². The summed E-state index contributed by atoms with van der Waals surface area (Å²) in [5, 5.41) is 0. The Morgan fingerprint density at radius 1 is 1.33 bits per heavy atom. The largest absolute Gasteiger partial charge is 0.398 e. The van der Waals surface area contributed by atoms with Crippen molar-refractivity contribution >= 4 is 15.7 Å². The van der Waals surface area contributed by atoms with Gasteiger partial charge in [-0.3, -0.25) is 0 Å². The Balaban J connectivity index is 2.20. The number of nitrogens with two attached hydrogens (primary N) is 1. The van der Waals surface area contributed by atoms with Crippen molar-refractivity contribution in [1.29, 1.82) is 0 Å². The zero-order valence-corrected chi connectivity index (χ0v) is 9.20. The van der Waals surface area contributed by atoms with Gasteiger partial charge in [0, 0.05) is 18.8 Å². The molecule has 1 fully saturated rings. The average molecular weight is 226 g/mol. The van der Waals surface area contributed by atoms with Crippen LogP contribution in [0.3, 0.4) is 0 Å². The normalized spacial score (nSPS) is 20.5. The van der Waals surface area contributed by atoms with E-state index in [-0.39, 0.29) is 5.75 Å². The standard InChI is InChI=1S/C10H14N2O2S/c11-10-5-2-1-4-9(10)8-12-6-3-7-15(12,13)14/h1-2,4-5H,3,6-8,11H2. The first kappa shape index (κ1) is 10.4. The third kappa shape index (κ3) is 2.13. The summed E-state index contributed by atoms with van der Waals surface area (Å²) in [5.41, 5.74) is 7.30. The van der Waals surface area contributed by atoms with Gasteiger partial charge in [-0.15, -0.1) is 0 Å². The summed E-state index contributed by atoms with van der Waals surface area (Å²) in [6, 6.07) is 7.37. The molecule has 0 saturated carbocycles. The number of benzene rings is 1.